The van der Waals surface area contributed by atoms with E-state index >= 15 is 0 Å². The van der Waals surface area contributed by atoms with Gasteiger partial charge in [-0.15, -0.1) is 0 Å². The van der Waals surface area contributed by atoms with E-state index in [9.17, 15) is 8.42 Å². The molecule has 10 heteroatoms. The summed E-state index contributed by atoms with van der Waals surface area (Å²) in [7, 11) is -1.78. The van der Waals surface area contributed by atoms with Crippen molar-refractivity contribution in [2.24, 2.45) is 13.0 Å². The van der Waals surface area contributed by atoms with Gasteiger partial charge in [-0.25, -0.2) is 13.4 Å². The molecule has 0 atom stereocenters. The summed E-state index contributed by atoms with van der Waals surface area (Å²) in [4.78, 5) is 11.7. The molecule has 0 unspecified atom stereocenters. The van der Waals surface area contributed by atoms with Crippen molar-refractivity contribution < 1.29 is 13.2 Å². The molecule has 0 spiro atoms. The molecule has 1 aliphatic rings. The minimum absolute atomic E-state index is 0.0649. The highest BCUT2D eigenvalue weighted by atomic mass is 35.5. The molecular weight excluding hydrogens is 330 g/mol. The van der Waals surface area contributed by atoms with Crippen molar-refractivity contribution in [3.05, 3.63) is 30.1 Å². The molecule has 2 aromatic rings. The second-order valence-corrected chi connectivity index (χ2v) is 7.33. The van der Waals surface area contributed by atoms with Crippen LogP contribution in [0.25, 0.3) is 0 Å². The minimum atomic E-state index is -3.51. The first-order valence-corrected chi connectivity index (χ1v) is 8.35. The van der Waals surface area contributed by atoms with E-state index in [-0.39, 0.29) is 16.1 Å². The molecule has 0 N–H and O–H groups in total. The number of nitrogens with zero attached hydrogens (tertiary/aromatic N) is 5. The Hall–Kier alpha value is -1.71. The first-order valence-electron chi connectivity index (χ1n) is 6.53. The molecule has 2 aromatic heterocycles. The quantitative estimate of drug-likeness (QED) is 0.788. The lowest BCUT2D eigenvalue weighted by atomic mass is 10.1. The monoisotopic (exact) mass is 343 g/mol. The van der Waals surface area contributed by atoms with Crippen LogP contribution in [0.3, 0.4) is 0 Å². The van der Waals surface area contributed by atoms with Crippen LogP contribution >= 0.6 is 11.6 Å². The maximum Gasteiger partial charge on any atom is 0.262 e. The van der Waals surface area contributed by atoms with E-state index in [0.717, 1.165) is 0 Å². The Bertz CT molecular complexity index is 773. The molecule has 22 heavy (non-hydrogen) atoms. The fourth-order valence-corrected chi connectivity index (χ4v) is 3.77. The SMILES string of the molecule is Cn1cnc(S(=O)(=O)N2CC(COc3cncc(Cl)n3)C2)c1. The Balaban J connectivity index is 1.54. The van der Waals surface area contributed by atoms with E-state index in [1.54, 1.807) is 11.6 Å². The van der Waals surface area contributed by atoms with Crippen LogP contribution in [0, 0.1) is 5.92 Å². The van der Waals surface area contributed by atoms with E-state index in [4.69, 9.17) is 16.3 Å². The summed E-state index contributed by atoms with van der Waals surface area (Å²) in [6.07, 6.45) is 5.83. The predicted molar refractivity (Wildman–Crippen MR) is 78.0 cm³/mol. The van der Waals surface area contributed by atoms with Crippen LogP contribution in [0.1, 0.15) is 0 Å². The van der Waals surface area contributed by atoms with Gasteiger partial charge >= 0.3 is 0 Å². The zero-order valence-electron chi connectivity index (χ0n) is 11.8. The molecule has 118 valence electrons. The molecule has 1 saturated heterocycles. The summed E-state index contributed by atoms with van der Waals surface area (Å²) in [5.41, 5.74) is 0. The van der Waals surface area contributed by atoms with Crippen molar-refractivity contribution >= 4 is 21.6 Å². The lowest BCUT2D eigenvalue weighted by Crippen LogP contribution is -2.51. The number of ether oxygens (including phenoxy) is 1. The van der Waals surface area contributed by atoms with E-state index in [0.29, 0.717) is 25.6 Å². The highest BCUT2D eigenvalue weighted by Crippen LogP contribution is 2.24. The van der Waals surface area contributed by atoms with Crippen LogP contribution in [0.2, 0.25) is 5.15 Å². The molecule has 1 aliphatic heterocycles. The molecule has 0 saturated carbocycles. The third-order valence-electron chi connectivity index (χ3n) is 3.26. The van der Waals surface area contributed by atoms with Gasteiger partial charge in [-0.1, -0.05) is 11.6 Å². The zero-order valence-corrected chi connectivity index (χ0v) is 13.3. The van der Waals surface area contributed by atoms with E-state index in [1.165, 1.54) is 29.2 Å². The smallest absolute Gasteiger partial charge is 0.262 e. The lowest BCUT2D eigenvalue weighted by molar-refractivity contribution is 0.126. The Morgan fingerprint density at radius 2 is 2.18 bits per heavy atom. The summed E-state index contributed by atoms with van der Waals surface area (Å²) in [5, 5.41) is 0.320. The van der Waals surface area contributed by atoms with Gasteiger partial charge in [0.15, 0.2) is 10.2 Å². The van der Waals surface area contributed by atoms with Gasteiger partial charge in [0.05, 0.1) is 25.3 Å². The van der Waals surface area contributed by atoms with E-state index < -0.39 is 10.0 Å². The summed E-state index contributed by atoms with van der Waals surface area (Å²) in [6.45, 7) is 1.16. The minimum Gasteiger partial charge on any atom is -0.476 e. The molecule has 8 nitrogen and oxygen atoms in total. The molecule has 0 radical (unpaired) electrons. The number of imidazole rings is 1. The van der Waals surface area contributed by atoms with Crippen molar-refractivity contribution in [3.8, 4) is 5.88 Å². The van der Waals surface area contributed by atoms with Gasteiger partial charge in [0.25, 0.3) is 10.0 Å². The predicted octanol–water partition coefficient (Wildman–Crippen LogP) is 0.563. The van der Waals surface area contributed by atoms with Crippen molar-refractivity contribution in [2.45, 2.75) is 5.03 Å². The summed E-state index contributed by atoms with van der Waals surface area (Å²) in [6, 6.07) is 0. The summed E-state index contributed by atoms with van der Waals surface area (Å²) < 4.78 is 33.0. The van der Waals surface area contributed by atoms with Gasteiger partial charge in [0.2, 0.25) is 5.88 Å². The third-order valence-corrected chi connectivity index (χ3v) is 5.16. The maximum atomic E-state index is 12.3. The van der Waals surface area contributed by atoms with Crippen molar-refractivity contribution in [2.75, 3.05) is 19.7 Å². The zero-order chi connectivity index (χ0) is 15.7. The molecular formula is C12H14ClN5O3S. The first kappa shape index (κ1) is 15.2. The molecule has 0 amide bonds. The second kappa shape index (κ2) is 5.82. The van der Waals surface area contributed by atoms with Crippen LogP contribution < -0.4 is 4.74 Å². The van der Waals surface area contributed by atoms with Crippen LogP contribution in [0.5, 0.6) is 5.88 Å². The first-order chi connectivity index (χ1) is 10.4. The molecule has 0 aromatic carbocycles. The van der Waals surface area contributed by atoms with Gasteiger partial charge in [-0.05, 0) is 0 Å². The van der Waals surface area contributed by atoms with Crippen LogP contribution in [0.15, 0.2) is 29.9 Å². The molecule has 0 aliphatic carbocycles. The molecule has 0 bridgehead atoms. The van der Waals surface area contributed by atoms with Gasteiger partial charge in [0.1, 0.15) is 0 Å². The highest BCUT2D eigenvalue weighted by Gasteiger charge is 2.38. The number of hydrogen-bond acceptors (Lipinski definition) is 6. The highest BCUT2D eigenvalue weighted by molar-refractivity contribution is 7.89. The lowest BCUT2D eigenvalue weighted by Gasteiger charge is -2.37. The van der Waals surface area contributed by atoms with Gasteiger partial charge in [-0.3, -0.25) is 4.98 Å². The summed E-state index contributed by atoms with van der Waals surface area (Å²) >= 11 is 5.71. The molecule has 1 fully saturated rings. The number of rotatable bonds is 5. The average molecular weight is 344 g/mol. The van der Waals surface area contributed by atoms with Gasteiger partial charge < -0.3 is 9.30 Å². The van der Waals surface area contributed by atoms with Crippen molar-refractivity contribution in [1.29, 1.82) is 0 Å². The number of sulfonamides is 1. The Morgan fingerprint density at radius 1 is 1.41 bits per heavy atom. The van der Waals surface area contributed by atoms with Crippen LogP contribution in [-0.2, 0) is 17.1 Å². The van der Waals surface area contributed by atoms with Crippen LogP contribution in [0.4, 0.5) is 0 Å². The Kier molecular flexibility index (Phi) is 4.02. The van der Waals surface area contributed by atoms with E-state index in [2.05, 4.69) is 15.0 Å². The van der Waals surface area contributed by atoms with E-state index in [1.807, 2.05) is 0 Å². The molecule has 3 rings (SSSR count). The normalized spacial score (nSPS) is 16.5. The summed E-state index contributed by atoms with van der Waals surface area (Å²) in [5.74, 6) is 0.442. The number of aryl methyl sites for hydroxylation is 1. The Morgan fingerprint density at radius 3 is 2.82 bits per heavy atom. The number of hydrogen-bond donors (Lipinski definition) is 0. The number of halogens is 1. The standard InChI is InChI=1S/C12H14ClN5O3S/c1-17-6-12(15-8-17)22(19,20)18-4-9(5-18)7-21-11-3-14-2-10(13)16-11/h2-3,6,8-9H,4-5,7H2,1H3. The van der Waals surface area contributed by atoms with Crippen molar-refractivity contribution in [3.63, 3.8) is 0 Å². The third kappa shape index (κ3) is 3.06. The van der Waals surface area contributed by atoms with Gasteiger partial charge in [0, 0.05) is 32.3 Å². The average Bonchev–Trinajstić information content (AvgIpc) is 2.84. The second-order valence-electron chi connectivity index (χ2n) is 5.06. The fourth-order valence-electron chi connectivity index (χ4n) is 2.08. The molecule has 3 heterocycles. The maximum absolute atomic E-state index is 12.3. The van der Waals surface area contributed by atoms with Crippen LogP contribution in [-0.4, -0.2) is 51.9 Å². The van der Waals surface area contributed by atoms with Gasteiger partial charge in [-0.2, -0.15) is 9.29 Å². The topological polar surface area (TPSA) is 90.2 Å². The fraction of sp³-hybridized carbons (Fsp3) is 0.417. The number of aromatic nitrogens is 4. The van der Waals surface area contributed by atoms with Crippen molar-refractivity contribution in [1.82, 2.24) is 23.8 Å². The Labute approximate surface area is 132 Å². The largest absolute Gasteiger partial charge is 0.476 e.